The third kappa shape index (κ3) is 5.13. The predicted octanol–water partition coefficient (Wildman–Crippen LogP) is 7.39. The molecule has 1 unspecified atom stereocenters. The van der Waals surface area contributed by atoms with E-state index in [0.717, 1.165) is 41.5 Å². The molecular formula is C32H32ClNO5. The Labute approximate surface area is 233 Å². The van der Waals surface area contributed by atoms with Crippen molar-refractivity contribution in [2.45, 2.75) is 52.6 Å². The number of hydrogen-bond acceptors (Lipinski definition) is 5. The van der Waals surface area contributed by atoms with E-state index >= 15 is 0 Å². The molecule has 0 radical (unpaired) electrons. The number of amides is 1. The second kappa shape index (κ2) is 11.1. The van der Waals surface area contributed by atoms with E-state index in [0.29, 0.717) is 46.2 Å². The van der Waals surface area contributed by atoms with Crippen molar-refractivity contribution in [2.24, 2.45) is 0 Å². The predicted molar refractivity (Wildman–Crippen MR) is 153 cm³/mol. The Balaban J connectivity index is 1.63. The van der Waals surface area contributed by atoms with E-state index in [-0.39, 0.29) is 17.1 Å². The SMILES string of the molecule is CCCCCOc1ccc(C2c3c(oc4cc(C)c(Cl)cc4c3=O)C(=O)N2Cc2ccc(C)cc2)cc1OC. The summed E-state index contributed by atoms with van der Waals surface area (Å²) in [6, 6.07) is 16.2. The molecule has 1 amide bonds. The zero-order valence-corrected chi connectivity index (χ0v) is 23.4. The number of aryl methyl sites for hydroxylation is 2. The van der Waals surface area contributed by atoms with Crippen LogP contribution in [0.4, 0.5) is 0 Å². The molecule has 0 N–H and O–H groups in total. The third-order valence-electron chi connectivity index (χ3n) is 7.23. The Morgan fingerprint density at radius 1 is 0.974 bits per heavy atom. The summed E-state index contributed by atoms with van der Waals surface area (Å²) in [4.78, 5) is 29.4. The van der Waals surface area contributed by atoms with Gasteiger partial charge in [0.1, 0.15) is 5.58 Å². The fourth-order valence-electron chi connectivity index (χ4n) is 5.05. The Morgan fingerprint density at radius 3 is 2.46 bits per heavy atom. The van der Waals surface area contributed by atoms with Gasteiger partial charge < -0.3 is 18.8 Å². The van der Waals surface area contributed by atoms with E-state index in [1.165, 1.54) is 0 Å². The molecule has 39 heavy (non-hydrogen) atoms. The average Bonchev–Trinajstić information content (AvgIpc) is 3.20. The van der Waals surface area contributed by atoms with Gasteiger partial charge in [0.2, 0.25) is 5.76 Å². The highest BCUT2D eigenvalue weighted by Crippen LogP contribution is 2.42. The van der Waals surface area contributed by atoms with Crippen LogP contribution >= 0.6 is 11.6 Å². The molecule has 1 aromatic heterocycles. The van der Waals surface area contributed by atoms with Crippen LogP contribution in [0, 0.1) is 13.8 Å². The van der Waals surface area contributed by atoms with Gasteiger partial charge in [-0.1, -0.05) is 67.3 Å². The first-order valence-corrected chi connectivity index (χ1v) is 13.6. The van der Waals surface area contributed by atoms with Gasteiger partial charge in [0.25, 0.3) is 5.91 Å². The Morgan fingerprint density at radius 2 is 1.74 bits per heavy atom. The first-order chi connectivity index (χ1) is 18.8. The standard InChI is InChI=1S/C32H32ClNO5/c1-5-6-7-14-38-25-13-12-22(16-27(25)37-4)29-28-30(35)23-17-24(33)20(3)15-26(23)39-31(28)32(36)34(29)18-21-10-8-19(2)9-11-21/h8-13,15-17,29H,5-7,14,18H2,1-4H3. The van der Waals surface area contributed by atoms with Crippen LogP contribution in [0.2, 0.25) is 5.02 Å². The normalized spacial score (nSPS) is 14.6. The lowest BCUT2D eigenvalue weighted by molar-refractivity contribution is 0.0714. The molecule has 202 valence electrons. The number of ether oxygens (including phenoxy) is 2. The molecule has 7 heteroatoms. The molecule has 4 aromatic rings. The van der Waals surface area contributed by atoms with Crippen molar-refractivity contribution in [3.05, 3.63) is 103 Å². The van der Waals surface area contributed by atoms with Crippen LogP contribution in [0.25, 0.3) is 11.0 Å². The van der Waals surface area contributed by atoms with Gasteiger partial charge in [-0.3, -0.25) is 9.59 Å². The van der Waals surface area contributed by atoms with E-state index in [1.807, 2.05) is 56.3 Å². The van der Waals surface area contributed by atoms with Crippen molar-refractivity contribution in [1.82, 2.24) is 4.90 Å². The minimum Gasteiger partial charge on any atom is -0.493 e. The maximum atomic E-state index is 13.9. The maximum absolute atomic E-state index is 13.9. The van der Waals surface area contributed by atoms with Gasteiger partial charge in [-0.15, -0.1) is 0 Å². The van der Waals surface area contributed by atoms with Gasteiger partial charge in [0, 0.05) is 11.6 Å². The fraction of sp³-hybridized carbons (Fsp3) is 0.312. The first-order valence-electron chi connectivity index (χ1n) is 13.3. The van der Waals surface area contributed by atoms with Crippen LogP contribution in [0.15, 0.2) is 63.8 Å². The highest BCUT2D eigenvalue weighted by atomic mass is 35.5. The molecule has 6 nitrogen and oxygen atoms in total. The van der Waals surface area contributed by atoms with Crippen LogP contribution in [-0.2, 0) is 6.54 Å². The molecular weight excluding hydrogens is 514 g/mol. The minimum absolute atomic E-state index is 0.0604. The number of fused-ring (bicyclic) bond motifs is 2. The summed E-state index contributed by atoms with van der Waals surface area (Å²) in [7, 11) is 1.59. The van der Waals surface area contributed by atoms with Crippen molar-refractivity contribution in [2.75, 3.05) is 13.7 Å². The van der Waals surface area contributed by atoms with Gasteiger partial charge in [0.05, 0.1) is 30.7 Å². The monoisotopic (exact) mass is 545 g/mol. The van der Waals surface area contributed by atoms with Crippen LogP contribution in [0.5, 0.6) is 11.5 Å². The van der Waals surface area contributed by atoms with Crippen molar-refractivity contribution >= 4 is 28.5 Å². The Kier molecular flexibility index (Phi) is 7.67. The van der Waals surface area contributed by atoms with Gasteiger partial charge >= 0.3 is 0 Å². The molecule has 1 aliphatic heterocycles. The molecule has 1 aliphatic rings. The summed E-state index contributed by atoms with van der Waals surface area (Å²) in [6.45, 7) is 6.89. The lowest BCUT2D eigenvalue weighted by atomic mass is 9.97. The lowest BCUT2D eigenvalue weighted by Crippen LogP contribution is -2.29. The van der Waals surface area contributed by atoms with Gasteiger partial charge in [-0.2, -0.15) is 0 Å². The zero-order chi connectivity index (χ0) is 27.7. The summed E-state index contributed by atoms with van der Waals surface area (Å²) in [5, 5.41) is 0.820. The summed E-state index contributed by atoms with van der Waals surface area (Å²) >= 11 is 6.37. The molecule has 2 heterocycles. The molecule has 3 aromatic carbocycles. The average molecular weight is 546 g/mol. The van der Waals surface area contributed by atoms with Crippen molar-refractivity contribution in [1.29, 1.82) is 0 Å². The van der Waals surface area contributed by atoms with Crippen molar-refractivity contribution in [3.8, 4) is 11.5 Å². The highest BCUT2D eigenvalue weighted by Gasteiger charge is 2.43. The van der Waals surface area contributed by atoms with E-state index in [1.54, 1.807) is 24.1 Å². The quantitative estimate of drug-likeness (QED) is 0.205. The van der Waals surface area contributed by atoms with E-state index in [9.17, 15) is 9.59 Å². The fourth-order valence-corrected chi connectivity index (χ4v) is 5.21. The molecule has 0 saturated heterocycles. The molecule has 0 aliphatic carbocycles. The number of hydrogen-bond donors (Lipinski definition) is 0. The smallest absolute Gasteiger partial charge is 0.291 e. The van der Waals surface area contributed by atoms with E-state index < -0.39 is 6.04 Å². The largest absolute Gasteiger partial charge is 0.493 e. The van der Waals surface area contributed by atoms with Crippen LogP contribution < -0.4 is 14.9 Å². The van der Waals surface area contributed by atoms with Crippen LogP contribution in [0.3, 0.4) is 0 Å². The second-order valence-electron chi connectivity index (χ2n) is 10.1. The van der Waals surface area contributed by atoms with Gasteiger partial charge in [-0.25, -0.2) is 0 Å². The molecule has 5 rings (SSSR count). The van der Waals surface area contributed by atoms with Crippen LogP contribution in [0.1, 0.15) is 70.6 Å². The number of nitrogens with zero attached hydrogens (tertiary/aromatic N) is 1. The lowest BCUT2D eigenvalue weighted by Gasteiger charge is -2.26. The van der Waals surface area contributed by atoms with E-state index in [4.69, 9.17) is 25.5 Å². The van der Waals surface area contributed by atoms with Crippen molar-refractivity contribution in [3.63, 3.8) is 0 Å². The summed E-state index contributed by atoms with van der Waals surface area (Å²) in [6.07, 6.45) is 3.14. The summed E-state index contributed by atoms with van der Waals surface area (Å²) in [5.74, 6) is 0.898. The summed E-state index contributed by atoms with van der Waals surface area (Å²) < 4.78 is 17.8. The summed E-state index contributed by atoms with van der Waals surface area (Å²) in [5.41, 5.74) is 3.96. The van der Waals surface area contributed by atoms with Gasteiger partial charge in [0.15, 0.2) is 16.9 Å². The number of carbonyl (C=O) groups excluding carboxylic acids is 1. The molecule has 0 spiro atoms. The number of methoxy groups -OCH3 is 1. The molecule has 0 saturated carbocycles. The third-order valence-corrected chi connectivity index (χ3v) is 7.64. The van der Waals surface area contributed by atoms with Crippen LogP contribution in [-0.4, -0.2) is 24.5 Å². The number of halogens is 1. The number of carbonyl (C=O) groups is 1. The second-order valence-corrected chi connectivity index (χ2v) is 10.5. The number of benzene rings is 3. The maximum Gasteiger partial charge on any atom is 0.291 e. The first kappa shape index (κ1) is 26.8. The Hall–Kier alpha value is -3.77. The van der Waals surface area contributed by atoms with Crippen molar-refractivity contribution < 1.29 is 18.7 Å². The zero-order valence-electron chi connectivity index (χ0n) is 22.7. The highest BCUT2D eigenvalue weighted by molar-refractivity contribution is 6.32. The topological polar surface area (TPSA) is 69.0 Å². The number of rotatable bonds is 9. The minimum atomic E-state index is -0.669. The Bertz CT molecular complexity index is 1590. The molecule has 0 bridgehead atoms. The van der Waals surface area contributed by atoms with Gasteiger partial charge in [-0.05, 0) is 61.2 Å². The molecule has 1 atom stereocenters. The van der Waals surface area contributed by atoms with E-state index in [2.05, 4.69) is 6.92 Å². The number of unbranched alkanes of at least 4 members (excludes halogenated alkanes) is 2. The molecule has 0 fully saturated rings.